The van der Waals surface area contributed by atoms with Gasteiger partial charge >= 0.3 is 0 Å². The van der Waals surface area contributed by atoms with Crippen LogP contribution in [0, 0.1) is 5.92 Å². The molecule has 0 amide bonds. The summed E-state index contributed by atoms with van der Waals surface area (Å²) >= 11 is 1.73. The van der Waals surface area contributed by atoms with Crippen LogP contribution in [0.4, 0.5) is 0 Å². The summed E-state index contributed by atoms with van der Waals surface area (Å²) in [5, 5.41) is 14.2. The molecule has 5 heteroatoms. The summed E-state index contributed by atoms with van der Waals surface area (Å²) in [5.74, 6) is 0.918. The maximum Gasteiger partial charge on any atom is 0.131 e. The van der Waals surface area contributed by atoms with Crippen LogP contribution < -0.4 is 5.32 Å². The molecule has 4 atom stereocenters. The van der Waals surface area contributed by atoms with Crippen molar-refractivity contribution in [3.8, 4) is 0 Å². The van der Waals surface area contributed by atoms with Crippen LogP contribution in [0.1, 0.15) is 50.0 Å². The average molecular weight is 269 g/mol. The lowest BCUT2D eigenvalue weighted by Gasteiger charge is -2.14. The molecule has 1 aromatic heterocycles. The molecule has 1 aliphatic rings. The number of rotatable bonds is 5. The fraction of sp³-hybridized carbons (Fsp3) is 0.846. The van der Waals surface area contributed by atoms with Crippen molar-refractivity contribution in [1.82, 2.24) is 15.5 Å². The third kappa shape index (κ3) is 2.90. The number of ether oxygens (including phenoxy) is 1. The Balaban J connectivity index is 2.01. The molecule has 0 bridgehead atoms. The van der Waals surface area contributed by atoms with E-state index in [2.05, 4.69) is 43.2 Å². The Hall–Kier alpha value is -0.520. The summed E-state index contributed by atoms with van der Waals surface area (Å²) in [7, 11) is 0. The number of nitrogens with one attached hydrogen (secondary N) is 1. The van der Waals surface area contributed by atoms with Crippen molar-refractivity contribution in [3.63, 3.8) is 0 Å². The molecule has 0 spiro atoms. The summed E-state index contributed by atoms with van der Waals surface area (Å²) in [5.41, 5.74) is 0. The average Bonchev–Trinajstić information content (AvgIpc) is 2.86. The molecule has 4 nitrogen and oxygen atoms in total. The molecular weight excluding hydrogens is 246 g/mol. The molecule has 102 valence electrons. The minimum atomic E-state index is 0.249. The van der Waals surface area contributed by atoms with Gasteiger partial charge in [0.1, 0.15) is 10.0 Å². The Morgan fingerprint density at radius 2 is 2.00 bits per heavy atom. The molecule has 4 unspecified atom stereocenters. The third-order valence-electron chi connectivity index (χ3n) is 3.71. The number of nitrogens with zero attached hydrogens (tertiary/aromatic N) is 2. The maximum absolute atomic E-state index is 5.87. The minimum absolute atomic E-state index is 0.249. The number of aromatic nitrogens is 2. The van der Waals surface area contributed by atoms with E-state index in [1.54, 1.807) is 11.3 Å². The first-order valence-corrected chi connectivity index (χ1v) is 7.63. The lowest BCUT2D eigenvalue weighted by Crippen LogP contribution is -2.14. The molecule has 0 radical (unpaired) electrons. The fourth-order valence-corrected chi connectivity index (χ4v) is 3.66. The normalized spacial score (nSPS) is 32.0. The van der Waals surface area contributed by atoms with Crippen molar-refractivity contribution in [2.75, 3.05) is 6.54 Å². The molecule has 1 aromatic rings. The van der Waals surface area contributed by atoms with E-state index in [1.807, 2.05) is 0 Å². The number of hydrogen-bond donors (Lipinski definition) is 1. The molecule has 1 saturated heterocycles. The standard InChI is InChI=1S/C13H23N3OS/c1-5-6-14-7-11-15-16-13(18-11)12-8(2)9(3)17-10(12)4/h8-10,12,14H,5-7H2,1-4H3. The van der Waals surface area contributed by atoms with E-state index in [1.165, 1.54) is 0 Å². The minimum Gasteiger partial charge on any atom is -0.375 e. The first-order valence-electron chi connectivity index (χ1n) is 6.82. The van der Waals surface area contributed by atoms with Gasteiger partial charge in [0, 0.05) is 12.5 Å². The molecule has 18 heavy (non-hydrogen) atoms. The topological polar surface area (TPSA) is 47.0 Å². The molecule has 2 rings (SSSR count). The van der Waals surface area contributed by atoms with Crippen molar-refractivity contribution in [3.05, 3.63) is 10.0 Å². The second kappa shape index (κ2) is 6.08. The van der Waals surface area contributed by atoms with Gasteiger partial charge in [-0.15, -0.1) is 10.2 Å². The SMILES string of the molecule is CCCNCc1nnc(C2C(C)OC(C)C2C)s1. The van der Waals surface area contributed by atoms with Crippen molar-refractivity contribution < 1.29 is 4.74 Å². The summed E-state index contributed by atoms with van der Waals surface area (Å²) in [6.45, 7) is 10.6. The van der Waals surface area contributed by atoms with Gasteiger partial charge in [-0.2, -0.15) is 0 Å². The second-order valence-electron chi connectivity index (χ2n) is 5.14. The Labute approximate surface area is 113 Å². The highest BCUT2D eigenvalue weighted by Crippen LogP contribution is 2.40. The largest absolute Gasteiger partial charge is 0.375 e. The van der Waals surface area contributed by atoms with Crippen molar-refractivity contribution in [2.45, 2.75) is 58.8 Å². The van der Waals surface area contributed by atoms with E-state index in [-0.39, 0.29) is 6.10 Å². The highest BCUT2D eigenvalue weighted by Gasteiger charge is 2.39. The Morgan fingerprint density at radius 3 is 2.61 bits per heavy atom. The first-order chi connectivity index (χ1) is 8.63. The van der Waals surface area contributed by atoms with Crippen LogP contribution in [0.15, 0.2) is 0 Å². The monoisotopic (exact) mass is 269 g/mol. The zero-order valence-corrected chi connectivity index (χ0v) is 12.5. The predicted molar refractivity (Wildman–Crippen MR) is 73.8 cm³/mol. The van der Waals surface area contributed by atoms with Crippen LogP contribution in [0.3, 0.4) is 0 Å². The van der Waals surface area contributed by atoms with Crippen LogP contribution in [0.25, 0.3) is 0 Å². The van der Waals surface area contributed by atoms with Gasteiger partial charge in [0.05, 0.1) is 12.2 Å². The lowest BCUT2D eigenvalue weighted by atomic mass is 9.90. The molecule has 1 fully saturated rings. The zero-order chi connectivity index (χ0) is 13.1. The Kier molecular flexibility index (Phi) is 4.70. The van der Waals surface area contributed by atoms with Crippen LogP contribution in [0.5, 0.6) is 0 Å². The van der Waals surface area contributed by atoms with Gasteiger partial charge in [-0.3, -0.25) is 0 Å². The van der Waals surface area contributed by atoms with Crippen LogP contribution in [-0.2, 0) is 11.3 Å². The van der Waals surface area contributed by atoms with Gasteiger partial charge in [-0.1, -0.05) is 25.2 Å². The van der Waals surface area contributed by atoms with Gasteiger partial charge in [0.2, 0.25) is 0 Å². The van der Waals surface area contributed by atoms with Crippen LogP contribution in [0.2, 0.25) is 0 Å². The number of hydrogen-bond acceptors (Lipinski definition) is 5. The second-order valence-corrected chi connectivity index (χ2v) is 6.24. The van der Waals surface area contributed by atoms with Crippen LogP contribution >= 0.6 is 11.3 Å². The summed E-state index contributed by atoms with van der Waals surface area (Å²) in [6, 6.07) is 0. The van der Waals surface area contributed by atoms with Gasteiger partial charge in [-0.25, -0.2) is 0 Å². The Bertz CT molecular complexity index is 382. The molecule has 2 heterocycles. The van der Waals surface area contributed by atoms with E-state index in [4.69, 9.17) is 4.74 Å². The van der Waals surface area contributed by atoms with Gasteiger partial charge in [-0.05, 0) is 32.7 Å². The molecule has 0 saturated carbocycles. The molecule has 0 aliphatic carbocycles. The van der Waals surface area contributed by atoms with E-state index in [9.17, 15) is 0 Å². The maximum atomic E-state index is 5.87. The van der Waals surface area contributed by atoms with Crippen molar-refractivity contribution in [1.29, 1.82) is 0 Å². The van der Waals surface area contributed by atoms with Crippen LogP contribution in [-0.4, -0.2) is 29.0 Å². The molecule has 0 aromatic carbocycles. The van der Waals surface area contributed by atoms with E-state index >= 15 is 0 Å². The van der Waals surface area contributed by atoms with Crippen molar-refractivity contribution >= 4 is 11.3 Å². The predicted octanol–water partition coefficient (Wildman–Crippen LogP) is 2.56. The smallest absolute Gasteiger partial charge is 0.131 e. The van der Waals surface area contributed by atoms with Gasteiger partial charge < -0.3 is 10.1 Å². The van der Waals surface area contributed by atoms with E-state index in [0.29, 0.717) is 17.9 Å². The highest BCUT2D eigenvalue weighted by atomic mass is 32.1. The molecular formula is C13H23N3OS. The van der Waals surface area contributed by atoms with Crippen molar-refractivity contribution in [2.24, 2.45) is 5.92 Å². The zero-order valence-electron chi connectivity index (χ0n) is 11.6. The van der Waals surface area contributed by atoms with Gasteiger partial charge in [0.15, 0.2) is 0 Å². The Morgan fingerprint density at radius 1 is 1.22 bits per heavy atom. The summed E-state index contributed by atoms with van der Waals surface area (Å²) < 4.78 is 5.87. The lowest BCUT2D eigenvalue weighted by molar-refractivity contribution is 0.0556. The third-order valence-corrected chi connectivity index (χ3v) is 4.74. The summed E-state index contributed by atoms with van der Waals surface area (Å²) in [4.78, 5) is 0. The summed E-state index contributed by atoms with van der Waals surface area (Å²) in [6.07, 6.45) is 1.71. The quantitative estimate of drug-likeness (QED) is 0.835. The molecule has 1 aliphatic heterocycles. The van der Waals surface area contributed by atoms with E-state index in [0.717, 1.165) is 29.5 Å². The first kappa shape index (κ1) is 13.9. The highest BCUT2D eigenvalue weighted by molar-refractivity contribution is 7.11. The fourth-order valence-electron chi connectivity index (χ4n) is 2.54. The molecule has 1 N–H and O–H groups in total. The van der Waals surface area contributed by atoms with Gasteiger partial charge in [0.25, 0.3) is 0 Å². The van der Waals surface area contributed by atoms with E-state index < -0.39 is 0 Å².